The molecule has 86 valence electrons. The van der Waals surface area contributed by atoms with Crippen molar-refractivity contribution in [3.63, 3.8) is 0 Å². The summed E-state index contributed by atoms with van der Waals surface area (Å²) in [5.41, 5.74) is 0. The molecule has 0 heterocycles. The molecule has 0 radical (unpaired) electrons. The molecule has 0 amide bonds. The van der Waals surface area contributed by atoms with Crippen LogP contribution in [-0.4, -0.2) is 22.6 Å². The number of carboxylic acid groups (broad SMARTS) is 1. The maximum absolute atomic E-state index is 11.0. The molecule has 0 saturated carbocycles. The van der Waals surface area contributed by atoms with Crippen LogP contribution >= 0.6 is 11.8 Å². The molecule has 0 aliphatic carbocycles. The molecule has 1 atom stereocenters. The number of aliphatic carboxylic acids is 1. The zero-order chi connectivity index (χ0) is 12.0. The van der Waals surface area contributed by atoms with Crippen LogP contribution in [0.2, 0.25) is 0 Å². The van der Waals surface area contributed by atoms with Gasteiger partial charge in [-0.2, -0.15) is 0 Å². The SMILES string of the molecule is CC(=O)C(CCSc1ccccc1)C(=O)O. The van der Waals surface area contributed by atoms with Crippen molar-refractivity contribution in [3.8, 4) is 0 Å². The minimum absolute atomic E-state index is 0.277. The number of rotatable bonds is 6. The number of hydrogen-bond donors (Lipinski definition) is 1. The number of carboxylic acids is 1. The summed E-state index contributed by atoms with van der Waals surface area (Å²) in [7, 11) is 0. The summed E-state index contributed by atoms with van der Waals surface area (Å²) in [6.45, 7) is 1.33. The number of hydrogen-bond acceptors (Lipinski definition) is 3. The summed E-state index contributed by atoms with van der Waals surface area (Å²) in [5, 5.41) is 8.81. The Balaban J connectivity index is 2.40. The van der Waals surface area contributed by atoms with E-state index in [1.54, 1.807) is 11.8 Å². The van der Waals surface area contributed by atoms with Crippen molar-refractivity contribution in [1.82, 2.24) is 0 Å². The van der Waals surface area contributed by atoms with Gasteiger partial charge in [0.2, 0.25) is 0 Å². The second-order valence-electron chi connectivity index (χ2n) is 3.45. The summed E-state index contributed by atoms with van der Waals surface area (Å²) in [6.07, 6.45) is 0.379. The van der Waals surface area contributed by atoms with Crippen LogP contribution in [0, 0.1) is 5.92 Å². The van der Waals surface area contributed by atoms with Gasteiger partial charge in [-0.1, -0.05) is 18.2 Å². The fraction of sp³-hybridized carbons (Fsp3) is 0.333. The van der Waals surface area contributed by atoms with E-state index in [4.69, 9.17) is 5.11 Å². The van der Waals surface area contributed by atoms with Crippen LogP contribution in [-0.2, 0) is 9.59 Å². The number of Topliss-reactive ketones (excluding diaryl/α,β-unsaturated/α-hetero) is 1. The van der Waals surface area contributed by atoms with Gasteiger partial charge >= 0.3 is 5.97 Å². The van der Waals surface area contributed by atoms with E-state index < -0.39 is 11.9 Å². The van der Waals surface area contributed by atoms with E-state index in [0.29, 0.717) is 12.2 Å². The molecule has 16 heavy (non-hydrogen) atoms. The number of carbonyl (C=O) groups excluding carboxylic acids is 1. The molecule has 0 saturated heterocycles. The zero-order valence-corrected chi connectivity index (χ0v) is 9.87. The van der Waals surface area contributed by atoms with E-state index in [-0.39, 0.29) is 5.78 Å². The molecule has 1 unspecified atom stereocenters. The normalized spacial score (nSPS) is 12.1. The Labute approximate surface area is 98.9 Å². The smallest absolute Gasteiger partial charge is 0.314 e. The van der Waals surface area contributed by atoms with E-state index in [1.807, 2.05) is 30.3 Å². The zero-order valence-electron chi connectivity index (χ0n) is 9.05. The first-order valence-electron chi connectivity index (χ1n) is 5.02. The standard InChI is InChI=1S/C12H14O3S/c1-9(13)11(12(14)15)7-8-16-10-5-3-2-4-6-10/h2-6,11H,7-8H2,1H3,(H,14,15). The Morgan fingerprint density at radius 2 is 1.94 bits per heavy atom. The Hall–Kier alpha value is -1.29. The van der Waals surface area contributed by atoms with Gasteiger partial charge in [-0.05, 0) is 31.2 Å². The molecule has 1 rings (SSSR count). The highest BCUT2D eigenvalue weighted by molar-refractivity contribution is 7.99. The minimum atomic E-state index is -1.03. The Morgan fingerprint density at radius 3 is 2.44 bits per heavy atom. The van der Waals surface area contributed by atoms with Crippen LogP contribution in [0.1, 0.15) is 13.3 Å². The number of benzene rings is 1. The van der Waals surface area contributed by atoms with Crippen molar-refractivity contribution in [1.29, 1.82) is 0 Å². The van der Waals surface area contributed by atoms with Gasteiger partial charge in [-0.3, -0.25) is 9.59 Å². The molecule has 1 aromatic rings. The molecule has 0 bridgehead atoms. The molecule has 4 heteroatoms. The third-order valence-corrected chi connectivity index (χ3v) is 3.25. The minimum Gasteiger partial charge on any atom is -0.481 e. The van der Waals surface area contributed by atoms with Crippen molar-refractivity contribution in [2.45, 2.75) is 18.2 Å². The van der Waals surface area contributed by atoms with Crippen LogP contribution in [0.15, 0.2) is 35.2 Å². The van der Waals surface area contributed by atoms with Crippen molar-refractivity contribution in [2.24, 2.45) is 5.92 Å². The molecule has 3 nitrogen and oxygen atoms in total. The van der Waals surface area contributed by atoms with E-state index in [1.165, 1.54) is 6.92 Å². The quantitative estimate of drug-likeness (QED) is 0.611. The monoisotopic (exact) mass is 238 g/mol. The first-order chi connectivity index (χ1) is 7.61. The first-order valence-corrected chi connectivity index (χ1v) is 6.01. The fourth-order valence-corrected chi connectivity index (χ4v) is 2.25. The van der Waals surface area contributed by atoms with Crippen LogP contribution in [0.5, 0.6) is 0 Å². The van der Waals surface area contributed by atoms with E-state index in [9.17, 15) is 9.59 Å². The van der Waals surface area contributed by atoms with Gasteiger partial charge in [0.05, 0.1) is 0 Å². The molecule has 0 aliphatic heterocycles. The van der Waals surface area contributed by atoms with Gasteiger partial charge in [-0.25, -0.2) is 0 Å². The van der Waals surface area contributed by atoms with Gasteiger partial charge in [-0.15, -0.1) is 11.8 Å². The molecule has 1 N–H and O–H groups in total. The van der Waals surface area contributed by atoms with Crippen LogP contribution < -0.4 is 0 Å². The van der Waals surface area contributed by atoms with Gasteiger partial charge in [0, 0.05) is 4.90 Å². The van der Waals surface area contributed by atoms with Crippen LogP contribution in [0.4, 0.5) is 0 Å². The van der Waals surface area contributed by atoms with Crippen molar-refractivity contribution >= 4 is 23.5 Å². The second kappa shape index (κ2) is 6.33. The average Bonchev–Trinajstić information content (AvgIpc) is 2.24. The molecular formula is C12H14O3S. The maximum Gasteiger partial charge on any atom is 0.314 e. The van der Waals surface area contributed by atoms with Crippen molar-refractivity contribution < 1.29 is 14.7 Å². The van der Waals surface area contributed by atoms with Gasteiger partial charge in [0.15, 0.2) is 0 Å². The highest BCUT2D eigenvalue weighted by Crippen LogP contribution is 2.20. The van der Waals surface area contributed by atoms with Crippen LogP contribution in [0.3, 0.4) is 0 Å². The molecule has 0 spiro atoms. The summed E-state index contributed by atoms with van der Waals surface area (Å²) in [4.78, 5) is 22.9. The third-order valence-electron chi connectivity index (χ3n) is 2.21. The number of carbonyl (C=O) groups is 2. The summed E-state index contributed by atoms with van der Waals surface area (Å²) >= 11 is 1.57. The largest absolute Gasteiger partial charge is 0.481 e. The summed E-state index contributed by atoms with van der Waals surface area (Å²) in [6, 6.07) is 9.73. The highest BCUT2D eigenvalue weighted by atomic mass is 32.2. The Morgan fingerprint density at radius 1 is 1.31 bits per heavy atom. The van der Waals surface area contributed by atoms with Crippen LogP contribution in [0.25, 0.3) is 0 Å². The Kier molecular flexibility index (Phi) is 5.05. The predicted molar refractivity (Wildman–Crippen MR) is 63.6 cm³/mol. The van der Waals surface area contributed by atoms with E-state index in [0.717, 1.165) is 4.90 Å². The second-order valence-corrected chi connectivity index (χ2v) is 4.62. The number of ketones is 1. The lowest BCUT2D eigenvalue weighted by Gasteiger charge is -2.07. The van der Waals surface area contributed by atoms with Crippen molar-refractivity contribution in [3.05, 3.63) is 30.3 Å². The lowest BCUT2D eigenvalue weighted by atomic mass is 10.0. The van der Waals surface area contributed by atoms with Gasteiger partial charge < -0.3 is 5.11 Å². The van der Waals surface area contributed by atoms with Crippen molar-refractivity contribution in [2.75, 3.05) is 5.75 Å². The van der Waals surface area contributed by atoms with E-state index >= 15 is 0 Å². The molecular weight excluding hydrogens is 224 g/mol. The molecule has 0 fully saturated rings. The fourth-order valence-electron chi connectivity index (χ4n) is 1.31. The molecule has 1 aromatic carbocycles. The van der Waals surface area contributed by atoms with Gasteiger partial charge in [0.1, 0.15) is 11.7 Å². The highest BCUT2D eigenvalue weighted by Gasteiger charge is 2.21. The molecule has 0 aliphatic rings. The lowest BCUT2D eigenvalue weighted by molar-refractivity contribution is -0.145. The lowest BCUT2D eigenvalue weighted by Crippen LogP contribution is -2.21. The number of thioether (sulfide) groups is 1. The maximum atomic E-state index is 11.0. The van der Waals surface area contributed by atoms with E-state index in [2.05, 4.69) is 0 Å². The average molecular weight is 238 g/mol. The summed E-state index contributed by atoms with van der Waals surface area (Å²) < 4.78 is 0. The van der Waals surface area contributed by atoms with Gasteiger partial charge in [0.25, 0.3) is 0 Å². The Bertz CT molecular complexity index is 348. The first kappa shape index (κ1) is 12.8. The third kappa shape index (κ3) is 4.06. The summed E-state index contributed by atoms with van der Waals surface area (Å²) in [5.74, 6) is -1.53. The topological polar surface area (TPSA) is 54.4 Å². The molecule has 0 aromatic heterocycles. The predicted octanol–water partition coefficient (Wildman–Crippen LogP) is 2.46.